The topological polar surface area (TPSA) is 59.4 Å². The second kappa shape index (κ2) is 5.36. The van der Waals surface area contributed by atoms with Gasteiger partial charge in [-0.05, 0) is 47.1 Å². The van der Waals surface area contributed by atoms with Gasteiger partial charge in [0.05, 0.1) is 15.7 Å². The number of ether oxygens (including phenoxy) is 1. The molecule has 0 spiro atoms. The van der Waals surface area contributed by atoms with Gasteiger partial charge in [-0.15, -0.1) is 0 Å². The van der Waals surface area contributed by atoms with E-state index in [0.717, 1.165) is 0 Å². The Morgan fingerprint density at radius 2 is 2.11 bits per heavy atom. The summed E-state index contributed by atoms with van der Waals surface area (Å²) in [6.45, 7) is 1.73. The minimum atomic E-state index is -1.21. The van der Waals surface area contributed by atoms with Gasteiger partial charge in [-0.2, -0.15) is 0 Å². The third-order valence-corrected chi connectivity index (χ3v) is 3.23. The number of hydrogen-bond acceptors (Lipinski definition) is 3. The second-order valence-electron chi connectivity index (χ2n) is 3.73. The maximum atomic E-state index is 14.0. The third kappa shape index (κ3) is 2.73. The highest BCUT2D eigenvalue weighted by Gasteiger charge is 2.17. The lowest BCUT2D eigenvalue weighted by Crippen LogP contribution is -2.01. The van der Waals surface area contributed by atoms with E-state index in [0.29, 0.717) is 11.4 Å². The Balaban J connectivity index is 2.40. The van der Waals surface area contributed by atoms with Gasteiger partial charge in [0, 0.05) is 6.20 Å². The van der Waals surface area contributed by atoms with Crippen molar-refractivity contribution in [2.45, 2.75) is 6.92 Å². The molecule has 2 aromatic rings. The SMILES string of the molecule is Cc1ncccc1Oc1ccc(C(=O)O)c(Br)c1F. The molecule has 0 amide bonds. The summed E-state index contributed by atoms with van der Waals surface area (Å²) in [6, 6.07) is 5.87. The van der Waals surface area contributed by atoms with Gasteiger partial charge >= 0.3 is 5.97 Å². The first-order valence-corrected chi connectivity index (χ1v) is 6.10. The van der Waals surface area contributed by atoms with Crippen LogP contribution in [-0.4, -0.2) is 16.1 Å². The monoisotopic (exact) mass is 325 g/mol. The van der Waals surface area contributed by atoms with E-state index < -0.39 is 11.8 Å². The maximum Gasteiger partial charge on any atom is 0.336 e. The Morgan fingerprint density at radius 3 is 2.74 bits per heavy atom. The van der Waals surface area contributed by atoms with Crippen molar-refractivity contribution in [2.24, 2.45) is 0 Å². The Morgan fingerprint density at radius 1 is 1.37 bits per heavy atom. The van der Waals surface area contributed by atoms with E-state index in [-0.39, 0.29) is 15.8 Å². The highest BCUT2D eigenvalue weighted by molar-refractivity contribution is 9.10. The van der Waals surface area contributed by atoms with E-state index in [1.807, 2.05) is 0 Å². The van der Waals surface area contributed by atoms with Gasteiger partial charge in [-0.25, -0.2) is 9.18 Å². The number of hydrogen-bond donors (Lipinski definition) is 1. The van der Waals surface area contributed by atoms with Crippen molar-refractivity contribution in [1.29, 1.82) is 0 Å². The number of carboxylic acids is 1. The lowest BCUT2D eigenvalue weighted by molar-refractivity contribution is 0.0695. The predicted molar refractivity (Wildman–Crippen MR) is 70.1 cm³/mol. The van der Waals surface area contributed by atoms with Crippen molar-refractivity contribution in [1.82, 2.24) is 4.98 Å². The first-order chi connectivity index (χ1) is 9.00. The molecule has 1 aromatic carbocycles. The van der Waals surface area contributed by atoms with Crippen LogP contribution in [-0.2, 0) is 0 Å². The van der Waals surface area contributed by atoms with Gasteiger partial charge in [0.1, 0.15) is 5.75 Å². The molecule has 1 heterocycles. The van der Waals surface area contributed by atoms with Gasteiger partial charge in [0.2, 0.25) is 0 Å². The molecule has 2 rings (SSSR count). The summed E-state index contributed by atoms with van der Waals surface area (Å²) in [7, 11) is 0. The van der Waals surface area contributed by atoms with E-state index in [4.69, 9.17) is 9.84 Å². The maximum absolute atomic E-state index is 14.0. The van der Waals surface area contributed by atoms with Gasteiger partial charge in [-0.3, -0.25) is 4.98 Å². The molecule has 0 saturated carbocycles. The molecule has 19 heavy (non-hydrogen) atoms. The standard InChI is InChI=1S/C13H9BrFNO3/c1-7-9(3-2-6-16-7)19-10-5-4-8(13(17)18)11(14)12(10)15/h2-6H,1H3,(H,17,18). The fourth-order valence-electron chi connectivity index (χ4n) is 1.47. The molecule has 1 N–H and O–H groups in total. The van der Waals surface area contributed by atoms with E-state index in [9.17, 15) is 9.18 Å². The summed E-state index contributed by atoms with van der Waals surface area (Å²) in [5.74, 6) is -1.62. The van der Waals surface area contributed by atoms with Gasteiger partial charge in [0.15, 0.2) is 11.6 Å². The minimum absolute atomic E-state index is 0.0621. The van der Waals surface area contributed by atoms with Crippen LogP contribution < -0.4 is 4.74 Å². The molecular weight excluding hydrogens is 317 g/mol. The Labute approximate surface area is 117 Å². The van der Waals surface area contributed by atoms with Crippen molar-refractivity contribution >= 4 is 21.9 Å². The normalized spacial score (nSPS) is 10.3. The van der Waals surface area contributed by atoms with Crippen LogP contribution >= 0.6 is 15.9 Å². The lowest BCUT2D eigenvalue weighted by atomic mass is 10.2. The summed E-state index contributed by atoms with van der Waals surface area (Å²) in [5.41, 5.74) is 0.452. The first-order valence-electron chi connectivity index (χ1n) is 5.31. The Bertz CT molecular complexity index is 646. The fourth-order valence-corrected chi connectivity index (χ4v) is 1.97. The van der Waals surface area contributed by atoms with Crippen LogP contribution in [0.15, 0.2) is 34.9 Å². The van der Waals surface area contributed by atoms with Gasteiger partial charge < -0.3 is 9.84 Å². The molecule has 1 aromatic heterocycles. The van der Waals surface area contributed by atoms with Crippen LogP contribution in [0.25, 0.3) is 0 Å². The summed E-state index contributed by atoms with van der Waals surface area (Å²) in [5, 5.41) is 8.87. The van der Waals surface area contributed by atoms with Crippen LogP contribution in [0.1, 0.15) is 16.1 Å². The summed E-state index contributed by atoms with van der Waals surface area (Å²) in [4.78, 5) is 14.9. The number of aromatic nitrogens is 1. The number of carboxylic acid groups (broad SMARTS) is 1. The predicted octanol–water partition coefficient (Wildman–Crippen LogP) is 3.78. The molecule has 0 aliphatic rings. The zero-order valence-electron chi connectivity index (χ0n) is 9.85. The molecule has 4 nitrogen and oxygen atoms in total. The van der Waals surface area contributed by atoms with Crippen molar-refractivity contribution in [3.8, 4) is 11.5 Å². The number of aromatic carboxylic acids is 1. The summed E-state index contributed by atoms with van der Waals surface area (Å²) < 4.78 is 19.2. The largest absolute Gasteiger partial charge is 0.478 e. The number of rotatable bonds is 3. The lowest BCUT2D eigenvalue weighted by Gasteiger charge is -2.10. The smallest absolute Gasteiger partial charge is 0.336 e. The Kier molecular flexibility index (Phi) is 3.80. The molecule has 98 valence electrons. The Hall–Kier alpha value is -1.95. The fraction of sp³-hybridized carbons (Fsp3) is 0.0769. The molecule has 0 atom stereocenters. The molecule has 0 fully saturated rings. The number of pyridine rings is 1. The van der Waals surface area contributed by atoms with E-state index in [1.165, 1.54) is 12.1 Å². The molecule has 0 aliphatic heterocycles. The molecule has 0 radical (unpaired) electrons. The van der Waals surface area contributed by atoms with Crippen molar-refractivity contribution in [3.05, 3.63) is 52.0 Å². The zero-order chi connectivity index (χ0) is 14.0. The highest BCUT2D eigenvalue weighted by atomic mass is 79.9. The van der Waals surface area contributed by atoms with Crippen LogP contribution in [0.5, 0.6) is 11.5 Å². The summed E-state index contributed by atoms with van der Waals surface area (Å²) in [6.07, 6.45) is 1.60. The van der Waals surface area contributed by atoms with E-state index in [1.54, 1.807) is 25.3 Å². The highest BCUT2D eigenvalue weighted by Crippen LogP contribution is 2.32. The minimum Gasteiger partial charge on any atom is -0.478 e. The third-order valence-electron chi connectivity index (χ3n) is 2.46. The van der Waals surface area contributed by atoms with Gasteiger partial charge in [0.25, 0.3) is 0 Å². The average Bonchev–Trinajstić information content (AvgIpc) is 2.37. The quantitative estimate of drug-likeness (QED) is 0.932. The number of carbonyl (C=O) groups is 1. The number of benzene rings is 1. The van der Waals surface area contributed by atoms with E-state index >= 15 is 0 Å². The van der Waals surface area contributed by atoms with Crippen molar-refractivity contribution in [3.63, 3.8) is 0 Å². The molecule has 0 aliphatic carbocycles. The van der Waals surface area contributed by atoms with Gasteiger partial charge in [-0.1, -0.05) is 0 Å². The molecular formula is C13H9BrFNO3. The van der Waals surface area contributed by atoms with Crippen LogP contribution in [0.4, 0.5) is 4.39 Å². The molecule has 6 heteroatoms. The molecule has 0 unspecified atom stereocenters. The van der Waals surface area contributed by atoms with Crippen LogP contribution in [0.2, 0.25) is 0 Å². The number of nitrogens with zero attached hydrogens (tertiary/aromatic N) is 1. The summed E-state index contributed by atoms with van der Waals surface area (Å²) >= 11 is 2.91. The zero-order valence-corrected chi connectivity index (χ0v) is 11.4. The first kappa shape index (κ1) is 13.5. The second-order valence-corrected chi connectivity index (χ2v) is 4.53. The molecule has 0 bridgehead atoms. The van der Waals surface area contributed by atoms with E-state index in [2.05, 4.69) is 20.9 Å². The number of aryl methyl sites for hydroxylation is 1. The van der Waals surface area contributed by atoms with Crippen LogP contribution in [0.3, 0.4) is 0 Å². The molecule has 0 saturated heterocycles. The average molecular weight is 326 g/mol. The van der Waals surface area contributed by atoms with Crippen molar-refractivity contribution in [2.75, 3.05) is 0 Å². The number of halogens is 2. The van der Waals surface area contributed by atoms with Crippen LogP contribution in [0, 0.1) is 12.7 Å². The van der Waals surface area contributed by atoms with Crippen molar-refractivity contribution < 1.29 is 19.0 Å².